The number of hydrogen-bond donors (Lipinski definition) is 1. The van der Waals surface area contributed by atoms with Crippen LogP contribution in [0.4, 0.5) is 5.69 Å². The normalized spacial score (nSPS) is 13.7. The van der Waals surface area contributed by atoms with Gasteiger partial charge in [0, 0.05) is 29.2 Å². The van der Waals surface area contributed by atoms with Crippen LogP contribution in [0, 0.1) is 0 Å². The van der Waals surface area contributed by atoms with Crippen LogP contribution in [0.1, 0.15) is 33.6 Å². The van der Waals surface area contributed by atoms with Crippen molar-refractivity contribution in [2.45, 2.75) is 12.8 Å². The van der Waals surface area contributed by atoms with E-state index in [0.717, 1.165) is 10.3 Å². The molecule has 2 aromatic rings. The third kappa shape index (κ3) is 2.18. The first-order valence-corrected chi connectivity index (χ1v) is 6.87. The van der Waals surface area contributed by atoms with Gasteiger partial charge < -0.3 is 15.6 Å². The van der Waals surface area contributed by atoms with Gasteiger partial charge in [0.25, 0.3) is 11.8 Å². The molecule has 1 aliphatic heterocycles. The molecule has 0 fully saturated rings. The van der Waals surface area contributed by atoms with Gasteiger partial charge in [-0.15, -0.1) is 0 Å². The number of carbonyl (C=O) groups is 3. The van der Waals surface area contributed by atoms with Gasteiger partial charge in [-0.2, -0.15) is 0 Å². The van der Waals surface area contributed by atoms with Crippen molar-refractivity contribution in [2.75, 3.05) is 12.3 Å². The van der Waals surface area contributed by atoms with E-state index in [1.54, 1.807) is 30.3 Å². The van der Waals surface area contributed by atoms with Gasteiger partial charge in [0.1, 0.15) is 0 Å². The number of nitrogens with zero attached hydrogens (tertiary/aromatic N) is 1. The summed E-state index contributed by atoms with van der Waals surface area (Å²) in [5.41, 5.74) is 7.06. The van der Waals surface area contributed by atoms with E-state index in [0.29, 0.717) is 22.2 Å². The summed E-state index contributed by atoms with van der Waals surface area (Å²) in [6.45, 7) is 0.0380. The zero-order valence-corrected chi connectivity index (χ0v) is 11.7. The fraction of sp³-hybridized carbons (Fsp3) is 0.188. The number of anilines is 1. The third-order valence-electron chi connectivity index (χ3n) is 3.71. The summed E-state index contributed by atoms with van der Waals surface area (Å²) in [5.74, 6) is -2.06. The molecule has 1 aliphatic rings. The largest absolute Gasteiger partial charge is 0.550 e. The lowest BCUT2D eigenvalue weighted by Crippen LogP contribution is -2.41. The highest BCUT2D eigenvalue weighted by molar-refractivity contribution is 6.25. The van der Waals surface area contributed by atoms with Crippen LogP contribution in [-0.2, 0) is 4.79 Å². The van der Waals surface area contributed by atoms with Crippen molar-refractivity contribution in [1.82, 2.24) is 4.90 Å². The van der Waals surface area contributed by atoms with Gasteiger partial charge in [0.05, 0.1) is 5.56 Å². The van der Waals surface area contributed by atoms with E-state index >= 15 is 0 Å². The lowest BCUT2D eigenvalue weighted by molar-refractivity contribution is -0.305. The summed E-state index contributed by atoms with van der Waals surface area (Å²) in [6.07, 6.45) is -0.0432. The molecule has 22 heavy (non-hydrogen) atoms. The molecule has 2 aromatic carbocycles. The topological polar surface area (TPSA) is 104 Å². The third-order valence-corrected chi connectivity index (χ3v) is 3.71. The Morgan fingerprint density at radius 3 is 2.59 bits per heavy atom. The Bertz CT molecular complexity index is 813. The van der Waals surface area contributed by atoms with Gasteiger partial charge in [-0.25, -0.2) is 0 Å². The molecule has 0 aliphatic carbocycles. The van der Waals surface area contributed by atoms with Crippen molar-refractivity contribution < 1.29 is 19.5 Å². The van der Waals surface area contributed by atoms with E-state index in [2.05, 4.69) is 0 Å². The summed E-state index contributed by atoms with van der Waals surface area (Å²) in [5, 5.41) is 11.8. The van der Waals surface area contributed by atoms with Gasteiger partial charge in [-0.05, 0) is 36.4 Å². The Hall–Kier alpha value is -2.89. The minimum Gasteiger partial charge on any atom is -0.550 e. The molecule has 0 aromatic heterocycles. The lowest BCUT2D eigenvalue weighted by Gasteiger charge is -2.27. The van der Waals surface area contributed by atoms with Crippen LogP contribution in [0.5, 0.6) is 0 Å². The molecule has 2 amide bonds. The van der Waals surface area contributed by atoms with Crippen molar-refractivity contribution in [2.24, 2.45) is 0 Å². The van der Waals surface area contributed by atoms with E-state index in [4.69, 9.17) is 5.73 Å². The maximum atomic E-state index is 12.5. The molecule has 6 nitrogen and oxygen atoms in total. The molecule has 0 bridgehead atoms. The first kappa shape index (κ1) is 14.1. The number of aliphatic carboxylic acids is 1. The quantitative estimate of drug-likeness (QED) is 0.655. The molecule has 1 heterocycles. The highest BCUT2D eigenvalue weighted by atomic mass is 16.4. The zero-order valence-electron chi connectivity index (χ0n) is 11.7. The van der Waals surface area contributed by atoms with Gasteiger partial charge in [-0.3, -0.25) is 14.5 Å². The predicted octanol–water partition coefficient (Wildman–Crippen LogP) is 0.548. The Morgan fingerprint density at radius 2 is 1.86 bits per heavy atom. The van der Waals surface area contributed by atoms with Crippen molar-refractivity contribution in [3.8, 4) is 0 Å². The van der Waals surface area contributed by atoms with Crippen LogP contribution < -0.4 is 10.8 Å². The second kappa shape index (κ2) is 5.14. The van der Waals surface area contributed by atoms with Crippen LogP contribution in [0.3, 0.4) is 0 Å². The van der Waals surface area contributed by atoms with Crippen LogP contribution in [0.2, 0.25) is 0 Å². The Morgan fingerprint density at radius 1 is 1.14 bits per heavy atom. The van der Waals surface area contributed by atoms with Crippen LogP contribution >= 0.6 is 0 Å². The second-order valence-corrected chi connectivity index (χ2v) is 5.21. The molecule has 6 heteroatoms. The highest BCUT2D eigenvalue weighted by Crippen LogP contribution is 2.32. The molecule has 2 N–H and O–H groups in total. The zero-order chi connectivity index (χ0) is 15.9. The smallest absolute Gasteiger partial charge is 0.261 e. The summed E-state index contributed by atoms with van der Waals surface area (Å²) >= 11 is 0. The molecule has 0 saturated carbocycles. The van der Waals surface area contributed by atoms with E-state index in [-0.39, 0.29) is 19.4 Å². The van der Waals surface area contributed by atoms with Gasteiger partial charge in [0.2, 0.25) is 0 Å². The summed E-state index contributed by atoms with van der Waals surface area (Å²) in [6, 6.07) is 8.45. The number of rotatable bonds is 4. The molecular weight excluding hydrogens is 284 g/mol. The summed E-state index contributed by atoms with van der Waals surface area (Å²) < 4.78 is 0. The number of nitrogen functional groups attached to an aromatic ring is 1. The van der Waals surface area contributed by atoms with Gasteiger partial charge in [-0.1, -0.05) is 12.1 Å². The lowest BCUT2D eigenvalue weighted by atomic mass is 9.93. The highest BCUT2D eigenvalue weighted by Gasteiger charge is 2.32. The summed E-state index contributed by atoms with van der Waals surface area (Å²) in [7, 11) is 0. The van der Waals surface area contributed by atoms with Crippen molar-refractivity contribution in [1.29, 1.82) is 0 Å². The van der Waals surface area contributed by atoms with Crippen molar-refractivity contribution >= 4 is 34.2 Å². The standard InChI is InChI=1S/C16H14N2O4/c17-10-7-9-3-1-4-11-14(9)12(8-10)16(22)18(15(11)21)6-2-5-13(19)20/h1,3-4,7-8H,2,5-6,17H2,(H,19,20)/p-1. The Balaban J connectivity index is 2.05. The Labute approximate surface area is 126 Å². The second-order valence-electron chi connectivity index (χ2n) is 5.21. The number of hydrogen-bond acceptors (Lipinski definition) is 5. The Kier molecular flexibility index (Phi) is 3.29. The molecule has 0 atom stereocenters. The first-order chi connectivity index (χ1) is 10.5. The SMILES string of the molecule is Nc1cc2c3c(cccc3c1)C(=O)N(CCCC(=O)[O-])C2=O. The van der Waals surface area contributed by atoms with Gasteiger partial charge in [0.15, 0.2) is 0 Å². The molecule has 0 spiro atoms. The molecule has 0 unspecified atom stereocenters. The molecule has 112 valence electrons. The van der Waals surface area contributed by atoms with E-state index < -0.39 is 17.8 Å². The van der Waals surface area contributed by atoms with Gasteiger partial charge >= 0.3 is 0 Å². The fourth-order valence-corrected chi connectivity index (χ4v) is 2.77. The number of imide groups is 1. The molecule has 0 saturated heterocycles. The van der Waals surface area contributed by atoms with E-state index in [9.17, 15) is 19.5 Å². The van der Waals surface area contributed by atoms with Crippen LogP contribution in [0.15, 0.2) is 30.3 Å². The predicted molar refractivity (Wildman–Crippen MR) is 78.0 cm³/mol. The number of carboxylic acids is 1. The van der Waals surface area contributed by atoms with E-state index in [1.807, 2.05) is 0 Å². The maximum Gasteiger partial charge on any atom is 0.261 e. The summed E-state index contributed by atoms with van der Waals surface area (Å²) in [4.78, 5) is 36.6. The molecular formula is C16H13N2O4-. The average Bonchev–Trinajstić information content (AvgIpc) is 2.47. The van der Waals surface area contributed by atoms with Crippen LogP contribution in [-0.4, -0.2) is 29.2 Å². The monoisotopic (exact) mass is 297 g/mol. The molecule has 0 radical (unpaired) electrons. The fourth-order valence-electron chi connectivity index (χ4n) is 2.77. The van der Waals surface area contributed by atoms with E-state index in [1.165, 1.54) is 0 Å². The minimum atomic E-state index is -1.20. The van der Waals surface area contributed by atoms with Crippen LogP contribution in [0.25, 0.3) is 10.8 Å². The van der Waals surface area contributed by atoms with Crippen molar-refractivity contribution in [3.63, 3.8) is 0 Å². The number of carboxylic acid groups (broad SMARTS) is 1. The number of benzene rings is 2. The number of amides is 2. The molecule has 3 rings (SSSR count). The number of nitrogens with two attached hydrogens (primary N) is 1. The van der Waals surface area contributed by atoms with Crippen molar-refractivity contribution in [3.05, 3.63) is 41.5 Å². The maximum absolute atomic E-state index is 12.5. The number of carbonyl (C=O) groups excluding carboxylic acids is 3. The minimum absolute atomic E-state index is 0.0380. The average molecular weight is 297 g/mol. The first-order valence-electron chi connectivity index (χ1n) is 6.87.